The predicted molar refractivity (Wildman–Crippen MR) is 101 cm³/mol. The smallest absolute Gasteiger partial charge is 0.248 e. The molecular formula is C22H26N2O2. The standard InChI is InChI=1S/C22H26N2O2/c25-22(17-26-16-19-9-5-2-6-10-19)23-12-11-20-14-24(21(20)15-23)13-18-7-3-1-4-8-18/h1-10,20-21H,11-17H2/t20-,21-/m1/s1. The lowest BCUT2D eigenvalue weighted by atomic mass is 9.82. The van der Waals surface area contributed by atoms with Gasteiger partial charge in [-0.25, -0.2) is 0 Å². The van der Waals surface area contributed by atoms with Crippen LogP contribution < -0.4 is 0 Å². The molecule has 0 radical (unpaired) electrons. The molecule has 1 amide bonds. The van der Waals surface area contributed by atoms with E-state index in [9.17, 15) is 4.79 Å². The quantitative estimate of drug-likeness (QED) is 0.803. The molecule has 0 unspecified atom stereocenters. The summed E-state index contributed by atoms with van der Waals surface area (Å²) in [5.41, 5.74) is 2.45. The van der Waals surface area contributed by atoms with Gasteiger partial charge in [-0.3, -0.25) is 9.69 Å². The Morgan fingerprint density at radius 2 is 1.65 bits per heavy atom. The fourth-order valence-electron chi connectivity index (χ4n) is 4.05. The van der Waals surface area contributed by atoms with Crippen molar-refractivity contribution in [3.8, 4) is 0 Å². The van der Waals surface area contributed by atoms with Gasteiger partial charge in [0, 0.05) is 32.2 Å². The van der Waals surface area contributed by atoms with Crippen molar-refractivity contribution in [2.45, 2.75) is 25.6 Å². The first-order valence-electron chi connectivity index (χ1n) is 9.47. The molecule has 4 nitrogen and oxygen atoms in total. The van der Waals surface area contributed by atoms with Crippen LogP contribution in [-0.2, 0) is 22.7 Å². The molecule has 0 saturated carbocycles. The van der Waals surface area contributed by atoms with E-state index in [1.807, 2.05) is 35.2 Å². The number of likely N-dealkylation sites (tertiary alicyclic amines) is 2. The van der Waals surface area contributed by atoms with Crippen molar-refractivity contribution in [1.82, 2.24) is 9.80 Å². The first kappa shape index (κ1) is 17.3. The van der Waals surface area contributed by atoms with E-state index in [0.717, 1.165) is 44.1 Å². The van der Waals surface area contributed by atoms with Crippen molar-refractivity contribution < 1.29 is 9.53 Å². The van der Waals surface area contributed by atoms with Crippen LogP contribution in [0.25, 0.3) is 0 Å². The third kappa shape index (κ3) is 3.97. The molecule has 4 heteroatoms. The maximum Gasteiger partial charge on any atom is 0.248 e. The number of benzene rings is 2. The van der Waals surface area contributed by atoms with Crippen molar-refractivity contribution in [3.05, 3.63) is 71.8 Å². The first-order chi connectivity index (χ1) is 12.8. The van der Waals surface area contributed by atoms with Crippen LogP contribution in [-0.4, -0.2) is 48.0 Å². The van der Waals surface area contributed by atoms with Gasteiger partial charge in [0.25, 0.3) is 0 Å². The number of hydrogen-bond donors (Lipinski definition) is 0. The molecular weight excluding hydrogens is 324 g/mol. The van der Waals surface area contributed by atoms with Gasteiger partial charge in [0.05, 0.1) is 6.61 Å². The minimum atomic E-state index is 0.117. The molecule has 26 heavy (non-hydrogen) atoms. The molecule has 2 aromatic carbocycles. The highest BCUT2D eigenvalue weighted by Gasteiger charge is 2.43. The van der Waals surface area contributed by atoms with E-state index < -0.39 is 0 Å². The van der Waals surface area contributed by atoms with Gasteiger partial charge >= 0.3 is 0 Å². The summed E-state index contributed by atoms with van der Waals surface area (Å²) in [4.78, 5) is 17.0. The lowest BCUT2D eigenvalue weighted by molar-refractivity contribution is -0.143. The second-order valence-electron chi connectivity index (χ2n) is 7.35. The van der Waals surface area contributed by atoms with Crippen LogP contribution in [0.2, 0.25) is 0 Å². The van der Waals surface area contributed by atoms with Gasteiger partial charge in [0.15, 0.2) is 0 Å². The van der Waals surface area contributed by atoms with Crippen LogP contribution >= 0.6 is 0 Å². The second kappa shape index (κ2) is 8.02. The Bertz CT molecular complexity index is 719. The third-order valence-electron chi connectivity index (χ3n) is 5.58. The summed E-state index contributed by atoms with van der Waals surface area (Å²) in [5, 5.41) is 0. The van der Waals surface area contributed by atoms with Gasteiger partial charge in [-0.05, 0) is 23.5 Å². The molecule has 0 N–H and O–H groups in total. The average molecular weight is 350 g/mol. The van der Waals surface area contributed by atoms with E-state index in [0.29, 0.717) is 12.6 Å². The molecule has 2 aliphatic rings. The number of nitrogens with zero attached hydrogens (tertiary/aromatic N) is 2. The highest BCUT2D eigenvalue weighted by Crippen LogP contribution is 2.33. The molecule has 0 bridgehead atoms. The summed E-state index contributed by atoms with van der Waals surface area (Å²) < 4.78 is 5.63. The Kier molecular flexibility index (Phi) is 5.32. The zero-order valence-corrected chi connectivity index (χ0v) is 15.1. The molecule has 2 saturated heterocycles. The van der Waals surface area contributed by atoms with Crippen LogP contribution in [0.15, 0.2) is 60.7 Å². The Labute approximate surface area is 155 Å². The van der Waals surface area contributed by atoms with Crippen molar-refractivity contribution in [2.24, 2.45) is 5.92 Å². The number of rotatable bonds is 6. The van der Waals surface area contributed by atoms with E-state index in [1.165, 1.54) is 5.56 Å². The van der Waals surface area contributed by atoms with E-state index in [1.54, 1.807) is 0 Å². The summed E-state index contributed by atoms with van der Waals surface area (Å²) in [7, 11) is 0. The second-order valence-corrected chi connectivity index (χ2v) is 7.35. The fraction of sp³-hybridized carbons (Fsp3) is 0.409. The summed E-state index contributed by atoms with van der Waals surface area (Å²) in [6.07, 6.45) is 1.11. The first-order valence-corrected chi connectivity index (χ1v) is 9.47. The zero-order chi connectivity index (χ0) is 17.8. The monoisotopic (exact) mass is 350 g/mol. The number of carbonyl (C=O) groups is 1. The molecule has 2 aliphatic heterocycles. The topological polar surface area (TPSA) is 32.8 Å². The maximum atomic E-state index is 12.5. The average Bonchev–Trinajstić information content (AvgIpc) is 2.68. The van der Waals surface area contributed by atoms with Gasteiger partial charge < -0.3 is 9.64 Å². The molecule has 2 aromatic rings. The third-order valence-corrected chi connectivity index (χ3v) is 5.58. The van der Waals surface area contributed by atoms with Crippen molar-refractivity contribution in [2.75, 3.05) is 26.2 Å². The van der Waals surface area contributed by atoms with Crippen LogP contribution in [0.3, 0.4) is 0 Å². The van der Waals surface area contributed by atoms with Crippen LogP contribution in [0, 0.1) is 5.92 Å². The van der Waals surface area contributed by atoms with E-state index in [2.05, 4.69) is 35.2 Å². The molecule has 0 spiro atoms. The number of piperidine rings is 1. The molecule has 2 heterocycles. The molecule has 2 atom stereocenters. The molecule has 0 aliphatic carbocycles. The fourth-order valence-corrected chi connectivity index (χ4v) is 4.05. The molecule has 136 valence electrons. The van der Waals surface area contributed by atoms with Gasteiger partial charge in [-0.1, -0.05) is 60.7 Å². The van der Waals surface area contributed by atoms with Gasteiger partial charge in [-0.2, -0.15) is 0 Å². The Morgan fingerprint density at radius 1 is 0.962 bits per heavy atom. The Balaban J connectivity index is 1.25. The van der Waals surface area contributed by atoms with Gasteiger partial charge in [0.1, 0.15) is 6.61 Å². The van der Waals surface area contributed by atoms with Gasteiger partial charge in [-0.15, -0.1) is 0 Å². The van der Waals surface area contributed by atoms with Crippen LogP contribution in [0.5, 0.6) is 0 Å². The van der Waals surface area contributed by atoms with E-state index in [-0.39, 0.29) is 12.5 Å². The SMILES string of the molecule is O=C(COCc1ccccc1)N1CC[C@@H]2CN(Cc3ccccc3)[C@@H]2C1. The molecule has 2 fully saturated rings. The minimum Gasteiger partial charge on any atom is -0.367 e. The summed E-state index contributed by atoms with van der Waals surface area (Å²) in [5.74, 6) is 0.860. The van der Waals surface area contributed by atoms with Crippen LogP contribution in [0.4, 0.5) is 0 Å². The van der Waals surface area contributed by atoms with E-state index >= 15 is 0 Å². The Hall–Kier alpha value is -2.17. The summed E-state index contributed by atoms with van der Waals surface area (Å²) >= 11 is 0. The number of hydrogen-bond acceptors (Lipinski definition) is 3. The summed E-state index contributed by atoms with van der Waals surface area (Å²) in [6.45, 7) is 4.51. The highest BCUT2D eigenvalue weighted by atomic mass is 16.5. The van der Waals surface area contributed by atoms with E-state index in [4.69, 9.17) is 4.74 Å². The Morgan fingerprint density at radius 3 is 2.38 bits per heavy atom. The van der Waals surface area contributed by atoms with Crippen molar-refractivity contribution in [3.63, 3.8) is 0 Å². The van der Waals surface area contributed by atoms with Gasteiger partial charge in [0.2, 0.25) is 5.91 Å². The number of ether oxygens (including phenoxy) is 1. The summed E-state index contributed by atoms with van der Waals surface area (Å²) in [6, 6.07) is 21.1. The largest absolute Gasteiger partial charge is 0.367 e. The minimum absolute atomic E-state index is 0.117. The maximum absolute atomic E-state index is 12.5. The zero-order valence-electron chi connectivity index (χ0n) is 15.1. The molecule has 4 rings (SSSR count). The lowest BCUT2D eigenvalue weighted by Gasteiger charge is -2.53. The van der Waals surface area contributed by atoms with Crippen LogP contribution in [0.1, 0.15) is 17.5 Å². The van der Waals surface area contributed by atoms with Crippen molar-refractivity contribution in [1.29, 1.82) is 0 Å². The normalized spacial score (nSPS) is 22.5. The number of amides is 1. The number of carbonyl (C=O) groups excluding carboxylic acids is 1. The lowest BCUT2D eigenvalue weighted by Crippen LogP contribution is -2.64. The highest BCUT2D eigenvalue weighted by molar-refractivity contribution is 5.77. The van der Waals surface area contributed by atoms with Crippen molar-refractivity contribution >= 4 is 5.91 Å². The molecule has 0 aromatic heterocycles. The number of fused-ring (bicyclic) bond motifs is 1. The predicted octanol–water partition coefficient (Wildman–Crippen LogP) is 2.94.